The van der Waals surface area contributed by atoms with Crippen molar-refractivity contribution in [3.05, 3.63) is 0 Å². The summed E-state index contributed by atoms with van der Waals surface area (Å²) < 4.78 is 9.97. The second kappa shape index (κ2) is 8.13. The number of hydrogen-bond acceptors (Lipinski definition) is 3. The minimum atomic E-state index is -0.309. The number of hydrogen-bond donors (Lipinski definition) is 0. The molecule has 0 N–H and O–H groups in total. The summed E-state index contributed by atoms with van der Waals surface area (Å²) in [5, 5.41) is 0. The number of carbonyl (C=O) groups excluding carboxylic acids is 1. The molecular formula is C11H19NO3. The lowest BCUT2D eigenvalue weighted by atomic mass is 10.3. The summed E-state index contributed by atoms with van der Waals surface area (Å²) >= 11 is 0. The Bertz CT molecular complexity index is 220. The zero-order valence-electron chi connectivity index (χ0n) is 9.66. The Labute approximate surface area is 91.5 Å². The lowest BCUT2D eigenvalue weighted by Crippen LogP contribution is -2.37. The number of carbonyl (C=O) groups is 1. The van der Waals surface area contributed by atoms with Gasteiger partial charge in [0.1, 0.15) is 13.2 Å². The molecule has 0 heterocycles. The second-order valence-corrected chi connectivity index (χ2v) is 3.25. The summed E-state index contributed by atoms with van der Waals surface area (Å²) in [5.74, 6) is 2.33. The van der Waals surface area contributed by atoms with E-state index in [1.165, 1.54) is 0 Å². The number of terminal acetylenes is 1. The van der Waals surface area contributed by atoms with Crippen molar-refractivity contribution in [3.8, 4) is 12.3 Å². The van der Waals surface area contributed by atoms with Gasteiger partial charge in [0.2, 0.25) is 0 Å². The Morgan fingerprint density at radius 2 is 2.13 bits per heavy atom. The maximum atomic E-state index is 11.5. The normalized spacial score (nSPS) is 9.80. The minimum absolute atomic E-state index is 0.147. The third-order valence-corrected chi connectivity index (χ3v) is 1.84. The molecule has 0 saturated heterocycles. The molecule has 0 fully saturated rings. The first-order valence-electron chi connectivity index (χ1n) is 5.08. The maximum Gasteiger partial charge on any atom is 0.410 e. The van der Waals surface area contributed by atoms with Gasteiger partial charge in [0.15, 0.2) is 0 Å². The predicted octanol–water partition coefficient (Wildman–Crippen LogP) is 1.50. The second-order valence-electron chi connectivity index (χ2n) is 3.25. The van der Waals surface area contributed by atoms with Crippen LogP contribution >= 0.6 is 0 Å². The van der Waals surface area contributed by atoms with E-state index in [0.717, 1.165) is 0 Å². The Balaban J connectivity index is 3.68. The van der Waals surface area contributed by atoms with Crippen LogP contribution in [0.15, 0.2) is 0 Å². The van der Waals surface area contributed by atoms with Crippen LogP contribution in [-0.2, 0) is 9.47 Å². The van der Waals surface area contributed by atoms with Gasteiger partial charge in [-0.05, 0) is 20.8 Å². The van der Waals surface area contributed by atoms with E-state index in [-0.39, 0.29) is 25.3 Å². The highest BCUT2D eigenvalue weighted by Gasteiger charge is 2.15. The highest BCUT2D eigenvalue weighted by molar-refractivity contribution is 5.67. The number of amides is 1. The molecule has 0 aromatic rings. The molecule has 1 amide bonds. The highest BCUT2D eigenvalue weighted by atomic mass is 16.6. The quantitative estimate of drug-likeness (QED) is 0.496. The molecular weight excluding hydrogens is 194 g/mol. The van der Waals surface area contributed by atoms with Crippen molar-refractivity contribution < 1.29 is 14.3 Å². The molecule has 0 bridgehead atoms. The van der Waals surface area contributed by atoms with Gasteiger partial charge < -0.3 is 14.4 Å². The Morgan fingerprint density at radius 3 is 2.60 bits per heavy atom. The Hall–Kier alpha value is -1.21. The smallest absolute Gasteiger partial charge is 0.410 e. The molecule has 4 nitrogen and oxygen atoms in total. The summed E-state index contributed by atoms with van der Waals surface area (Å²) in [7, 11) is 0. The van der Waals surface area contributed by atoms with E-state index in [9.17, 15) is 4.79 Å². The van der Waals surface area contributed by atoms with Crippen molar-refractivity contribution in [2.24, 2.45) is 0 Å². The van der Waals surface area contributed by atoms with Crippen LogP contribution in [0, 0.1) is 12.3 Å². The average Bonchev–Trinajstić information content (AvgIpc) is 2.18. The fourth-order valence-electron chi connectivity index (χ4n) is 1.11. The van der Waals surface area contributed by atoms with Gasteiger partial charge in [-0.1, -0.05) is 5.92 Å². The van der Waals surface area contributed by atoms with Crippen LogP contribution in [0.25, 0.3) is 0 Å². The molecule has 0 radical (unpaired) electrons. The standard InChI is InChI=1S/C11H19NO3/c1-5-7-14-8-9-15-11(13)12(6-2)10(3)4/h1,10H,6-9H2,2-4H3. The van der Waals surface area contributed by atoms with E-state index in [1.807, 2.05) is 20.8 Å². The fraction of sp³-hybridized carbons (Fsp3) is 0.727. The van der Waals surface area contributed by atoms with Crippen LogP contribution in [0.2, 0.25) is 0 Å². The van der Waals surface area contributed by atoms with Crippen LogP contribution in [0.5, 0.6) is 0 Å². The molecule has 4 heteroatoms. The van der Waals surface area contributed by atoms with Gasteiger partial charge >= 0.3 is 6.09 Å². The molecule has 0 spiro atoms. The molecule has 0 aromatic carbocycles. The van der Waals surface area contributed by atoms with E-state index in [0.29, 0.717) is 13.2 Å². The summed E-state index contributed by atoms with van der Waals surface area (Å²) in [6, 6.07) is 0.147. The molecule has 0 aliphatic heterocycles. The van der Waals surface area contributed by atoms with Crippen LogP contribution in [-0.4, -0.2) is 43.4 Å². The Morgan fingerprint density at radius 1 is 1.47 bits per heavy atom. The molecule has 0 aliphatic carbocycles. The van der Waals surface area contributed by atoms with Gasteiger partial charge in [0.25, 0.3) is 0 Å². The van der Waals surface area contributed by atoms with Crippen LogP contribution in [0.3, 0.4) is 0 Å². The summed E-state index contributed by atoms with van der Waals surface area (Å²) in [6.07, 6.45) is 4.68. The molecule has 0 aliphatic rings. The third-order valence-electron chi connectivity index (χ3n) is 1.84. The minimum Gasteiger partial charge on any atom is -0.447 e. The van der Waals surface area contributed by atoms with Gasteiger partial charge in [0, 0.05) is 12.6 Å². The lowest BCUT2D eigenvalue weighted by molar-refractivity contribution is 0.0597. The lowest BCUT2D eigenvalue weighted by Gasteiger charge is -2.24. The average molecular weight is 213 g/mol. The monoisotopic (exact) mass is 213 g/mol. The molecule has 0 rings (SSSR count). The van der Waals surface area contributed by atoms with E-state index in [1.54, 1.807) is 4.90 Å². The van der Waals surface area contributed by atoms with Crippen molar-refractivity contribution >= 4 is 6.09 Å². The van der Waals surface area contributed by atoms with Crippen molar-refractivity contribution in [3.63, 3.8) is 0 Å². The molecule has 86 valence electrons. The molecule has 0 aromatic heterocycles. The number of rotatable bonds is 6. The van der Waals surface area contributed by atoms with Gasteiger partial charge in [-0.3, -0.25) is 0 Å². The number of ether oxygens (including phenoxy) is 2. The van der Waals surface area contributed by atoms with E-state index in [2.05, 4.69) is 5.92 Å². The van der Waals surface area contributed by atoms with Gasteiger partial charge in [0.05, 0.1) is 6.61 Å². The Kier molecular flexibility index (Phi) is 7.47. The topological polar surface area (TPSA) is 38.8 Å². The van der Waals surface area contributed by atoms with Crippen molar-refractivity contribution in [2.45, 2.75) is 26.8 Å². The van der Waals surface area contributed by atoms with E-state index < -0.39 is 0 Å². The fourth-order valence-corrected chi connectivity index (χ4v) is 1.11. The molecule has 0 atom stereocenters. The van der Waals surface area contributed by atoms with Crippen molar-refractivity contribution in [1.82, 2.24) is 4.90 Å². The first-order chi connectivity index (χ1) is 7.13. The van der Waals surface area contributed by atoms with Gasteiger partial charge in [-0.15, -0.1) is 6.42 Å². The first kappa shape index (κ1) is 13.8. The van der Waals surface area contributed by atoms with Crippen LogP contribution < -0.4 is 0 Å². The maximum absolute atomic E-state index is 11.5. The molecule has 0 unspecified atom stereocenters. The molecule has 0 saturated carbocycles. The third kappa shape index (κ3) is 5.97. The predicted molar refractivity (Wildman–Crippen MR) is 58.5 cm³/mol. The van der Waals surface area contributed by atoms with Gasteiger partial charge in [-0.25, -0.2) is 4.79 Å². The SMILES string of the molecule is C#CCOCCOC(=O)N(CC)C(C)C. The van der Waals surface area contributed by atoms with E-state index in [4.69, 9.17) is 15.9 Å². The van der Waals surface area contributed by atoms with Crippen molar-refractivity contribution in [1.29, 1.82) is 0 Å². The molecule has 15 heavy (non-hydrogen) atoms. The first-order valence-corrected chi connectivity index (χ1v) is 5.08. The zero-order valence-corrected chi connectivity index (χ0v) is 9.66. The number of nitrogens with zero attached hydrogens (tertiary/aromatic N) is 1. The highest BCUT2D eigenvalue weighted by Crippen LogP contribution is 2.00. The van der Waals surface area contributed by atoms with Gasteiger partial charge in [-0.2, -0.15) is 0 Å². The van der Waals surface area contributed by atoms with E-state index >= 15 is 0 Å². The largest absolute Gasteiger partial charge is 0.447 e. The van der Waals surface area contributed by atoms with Crippen molar-refractivity contribution in [2.75, 3.05) is 26.4 Å². The van der Waals surface area contributed by atoms with Crippen LogP contribution in [0.4, 0.5) is 4.79 Å². The summed E-state index contributed by atoms with van der Waals surface area (Å²) in [6.45, 7) is 7.27. The summed E-state index contributed by atoms with van der Waals surface area (Å²) in [4.78, 5) is 13.1. The summed E-state index contributed by atoms with van der Waals surface area (Å²) in [5.41, 5.74) is 0. The zero-order chi connectivity index (χ0) is 11.7. The van der Waals surface area contributed by atoms with Crippen LogP contribution in [0.1, 0.15) is 20.8 Å².